The van der Waals surface area contributed by atoms with E-state index in [4.69, 9.17) is 4.74 Å². The number of rotatable bonds is 2. The van der Waals surface area contributed by atoms with Crippen LogP contribution in [0.15, 0.2) is 0 Å². The molecule has 0 saturated carbocycles. The van der Waals surface area contributed by atoms with Gasteiger partial charge in [0.2, 0.25) is 0 Å². The molecule has 3 nitrogen and oxygen atoms in total. The van der Waals surface area contributed by atoms with Gasteiger partial charge in [-0.3, -0.25) is 0 Å². The SMILES string of the molecule is CO[C@H]1CCS(=O)(=O)[C@H]1C(C)C. The van der Waals surface area contributed by atoms with Crippen LogP contribution in [0.1, 0.15) is 20.3 Å². The van der Waals surface area contributed by atoms with Crippen molar-refractivity contribution in [1.82, 2.24) is 0 Å². The third-order valence-electron chi connectivity index (χ3n) is 2.43. The lowest BCUT2D eigenvalue weighted by Crippen LogP contribution is -2.32. The Morgan fingerprint density at radius 1 is 1.42 bits per heavy atom. The highest BCUT2D eigenvalue weighted by atomic mass is 32.2. The predicted octanol–water partition coefficient (Wildman–Crippen LogP) is 0.845. The summed E-state index contributed by atoms with van der Waals surface area (Å²) in [5.41, 5.74) is 0. The minimum atomic E-state index is -2.87. The van der Waals surface area contributed by atoms with E-state index in [-0.39, 0.29) is 23.0 Å². The van der Waals surface area contributed by atoms with Crippen molar-refractivity contribution in [3.05, 3.63) is 0 Å². The first-order valence-corrected chi connectivity index (χ1v) is 5.95. The van der Waals surface area contributed by atoms with Crippen LogP contribution in [-0.2, 0) is 14.6 Å². The molecule has 72 valence electrons. The van der Waals surface area contributed by atoms with Crippen LogP contribution in [0.2, 0.25) is 0 Å². The molecule has 2 atom stereocenters. The van der Waals surface area contributed by atoms with Gasteiger partial charge in [-0.1, -0.05) is 13.8 Å². The zero-order chi connectivity index (χ0) is 9.35. The molecule has 1 fully saturated rings. The fourth-order valence-electron chi connectivity index (χ4n) is 1.91. The van der Waals surface area contributed by atoms with Crippen LogP contribution in [0.25, 0.3) is 0 Å². The molecule has 0 aromatic heterocycles. The quantitative estimate of drug-likeness (QED) is 0.651. The lowest BCUT2D eigenvalue weighted by molar-refractivity contribution is 0.0930. The van der Waals surface area contributed by atoms with Gasteiger partial charge < -0.3 is 4.74 Å². The number of sulfone groups is 1. The Kier molecular flexibility index (Phi) is 2.78. The Balaban J connectivity index is 2.88. The minimum absolute atomic E-state index is 0.0880. The van der Waals surface area contributed by atoms with Gasteiger partial charge >= 0.3 is 0 Å². The number of ether oxygens (including phenoxy) is 1. The summed E-state index contributed by atoms with van der Waals surface area (Å²) in [6.07, 6.45) is 0.566. The molecule has 0 aromatic rings. The Morgan fingerprint density at radius 2 is 2.00 bits per heavy atom. The third-order valence-corrected chi connectivity index (χ3v) is 4.91. The Morgan fingerprint density at radius 3 is 2.33 bits per heavy atom. The van der Waals surface area contributed by atoms with Crippen molar-refractivity contribution in [2.75, 3.05) is 12.9 Å². The standard InChI is InChI=1S/C8H16O3S/c1-6(2)8-7(11-3)4-5-12(8,9)10/h6-8H,4-5H2,1-3H3/t7-,8-/m0/s1. The molecular formula is C8H16O3S. The molecule has 0 aromatic carbocycles. The van der Waals surface area contributed by atoms with E-state index < -0.39 is 9.84 Å². The van der Waals surface area contributed by atoms with Crippen LogP contribution < -0.4 is 0 Å². The summed E-state index contributed by atoms with van der Waals surface area (Å²) >= 11 is 0. The minimum Gasteiger partial charge on any atom is -0.380 e. The van der Waals surface area contributed by atoms with Crippen LogP contribution in [0.3, 0.4) is 0 Å². The molecule has 0 spiro atoms. The van der Waals surface area contributed by atoms with Gasteiger partial charge in [0, 0.05) is 7.11 Å². The van der Waals surface area contributed by atoms with E-state index >= 15 is 0 Å². The van der Waals surface area contributed by atoms with Crippen LogP contribution in [0, 0.1) is 5.92 Å². The molecular weight excluding hydrogens is 176 g/mol. The van der Waals surface area contributed by atoms with Gasteiger partial charge in [0.1, 0.15) is 0 Å². The average molecular weight is 192 g/mol. The summed E-state index contributed by atoms with van der Waals surface area (Å²) in [5, 5.41) is -0.289. The van der Waals surface area contributed by atoms with Crippen LogP contribution in [0.4, 0.5) is 0 Å². The topological polar surface area (TPSA) is 43.4 Å². The molecule has 1 aliphatic rings. The van der Waals surface area contributed by atoms with Gasteiger partial charge in [0.25, 0.3) is 0 Å². The summed E-state index contributed by atoms with van der Waals surface area (Å²) in [6.45, 7) is 3.86. The molecule has 0 radical (unpaired) electrons. The molecule has 0 amide bonds. The maximum atomic E-state index is 11.5. The van der Waals surface area contributed by atoms with E-state index in [1.165, 1.54) is 0 Å². The summed E-state index contributed by atoms with van der Waals surface area (Å²) in [5.74, 6) is 0.441. The fraction of sp³-hybridized carbons (Fsp3) is 1.00. The fourth-order valence-corrected chi connectivity index (χ4v) is 4.28. The zero-order valence-corrected chi connectivity index (χ0v) is 8.60. The van der Waals surface area contributed by atoms with Gasteiger partial charge in [0.05, 0.1) is 17.1 Å². The van der Waals surface area contributed by atoms with Crippen LogP contribution >= 0.6 is 0 Å². The van der Waals surface area contributed by atoms with Crippen LogP contribution in [0.5, 0.6) is 0 Å². The van der Waals surface area contributed by atoms with Crippen molar-refractivity contribution < 1.29 is 13.2 Å². The summed E-state index contributed by atoms with van der Waals surface area (Å²) in [6, 6.07) is 0. The molecule has 1 saturated heterocycles. The highest BCUT2D eigenvalue weighted by Crippen LogP contribution is 2.28. The molecule has 0 unspecified atom stereocenters. The summed E-state index contributed by atoms with van der Waals surface area (Å²) in [4.78, 5) is 0. The first kappa shape index (κ1) is 9.99. The van der Waals surface area contributed by atoms with E-state index in [9.17, 15) is 8.42 Å². The normalized spacial score (nSPS) is 34.3. The number of hydrogen-bond donors (Lipinski definition) is 0. The number of methoxy groups -OCH3 is 1. The highest BCUT2D eigenvalue weighted by Gasteiger charge is 2.42. The van der Waals surface area contributed by atoms with Gasteiger partial charge in [0.15, 0.2) is 9.84 Å². The third kappa shape index (κ3) is 1.64. The molecule has 0 N–H and O–H groups in total. The Hall–Kier alpha value is -0.0900. The lowest BCUT2D eigenvalue weighted by atomic mass is 10.0. The van der Waals surface area contributed by atoms with Gasteiger partial charge in [-0.2, -0.15) is 0 Å². The smallest absolute Gasteiger partial charge is 0.156 e. The predicted molar refractivity (Wildman–Crippen MR) is 47.8 cm³/mol. The first-order chi connectivity index (χ1) is 5.49. The van der Waals surface area contributed by atoms with E-state index in [0.717, 1.165) is 0 Å². The molecule has 1 rings (SSSR count). The van der Waals surface area contributed by atoms with Crippen molar-refractivity contribution in [2.45, 2.75) is 31.6 Å². The average Bonchev–Trinajstić information content (AvgIpc) is 2.24. The second-order valence-corrected chi connectivity index (χ2v) is 5.92. The highest BCUT2D eigenvalue weighted by molar-refractivity contribution is 7.92. The van der Waals surface area contributed by atoms with Gasteiger partial charge in [-0.05, 0) is 12.3 Å². The second-order valence-electron chi connectivity index (χ2n) is 3.64. The zero-order valence-electron chi connectivity index (χ0n) is 7.78. The van der Waals surface area contributed by atoms with Gasteiger partial charge in [-0.15, -0.1) is 0 Å². The van der Waals surface area contributed by atoms with E-state index in [2.05, 4.69) is 0 Å². The summed E-state index contributed by atoms with van der Waals surface area (Å²) < 4.78 is 28.1. The van der Waals surface area contributed by atoms with Crippen molar-refractivity contribution in [2.24, 2.45) is 5.92 Å². The van der Waals surface area contributed by atoms with E-state index in [0.29, 0.717) is 6.42 Å². The molecule has 0 bridgehead atoms. The Labute approximate surface area is 74.0 Å². The Bertz CT molecular complexity index is 243. The monoisotopic (exact) mass is 192 g/mol. The molecule has 1 aliphatic heterocycles. The maximum absolute atomic E-state index is 11.5. The van der Waals surface area contributed by atoms with Gasteiger partial charge in [-0.25, -0.2) is 8.42 Å². The maximum Gasteiger partial charge on any atom is 0.156 e. The second kappa shape index (κ2) is 3.34. The lowest BCUT2D eigenvalue weighted by Gasteiger charge is -2.20. The summed E-state index contributed by atoms with van der Waals surface area (Å²) in [7, 11) is -1.29. The molecule has 1 heterocycles. The van der Waals surface area contributed by atoms with Crippen molar-refractivity contribution in [3.8, 4) is 0 Å². The molecule has 12 heavy (non-hydrogen) atoms. The van der Waals surface area contributed by atoms with Crippen molar-refractivity contribution in [1.29, 1.82) is 0 Å². The first-order valence-electron chi connectivity index (χ1n) is 4.23. The van der Waals surface area contributed by atoms with Crippen molar-refractivity contribution >= 4 is 9.84 Å². The number of hydrogen-bond acceptors (Lipinski definition) is 3. The van der Waals surface area contributed by atoms with E-state index in [1.807, 2.05) is 13.8 Å². The molecule has 0 aliphatic carbocycles. The van der Waals surface area contributed by atoms with Crippen LogP contribution in [-0.4, -0.2) is 32.6 Å². The van der Waals surface area contributed by atoms with E-state index in [1.54, 1.807) is 7.11 Å². The van der Waals surface area contributed by atoms with Crippen molar-refractivity contribution in [3.63, 3.8) is 0 Å². The molecule has 4 heteroatoms. The largest absolute Gasteiger partial charge is 0.380 e.